The molecule has 2 amide bonds. The minimum atomic E-state index is -0.423. The molecule has 0 unspecified atom stereocenters. The molecule has 0 aliphatic carbocycles. The highest BCUT2D eigenvalue weighted by Crippen LogP contribution is 2.18. The summed E-state index contributed by atoms with van der Waals surface area (Å²) in [5.41, 5.74) is 8.32. The summed E-state index contributed by atoms with van der Waals surface area (Å²) in [6.45, 7) is 2.93. The van der Waals surface area contributed by atoms with Crippen LogP contribution in [0.25, 0.3) is 0 Å². The fraction of sp³-hybridized carbons (Fsp3) is 0.333. The zero-order valence-corrected chi connectivity index (χ0v) is 15.7. The summed E-state index contributed by atoms with van der Waals surface area (Å²) in [6.07, 6.45) is 3.84. The molecule has 2 aromatic carbocycles. The number of carbonyl (C=O) groups is 2. The van der Waals surface area contributed by atoms with Crippen molar-refractivity contribution in [3.05, 3.63) is 59.7 Å². The van der Waals surface area contributed by atoms with Crippen molar-refractivity contribution in [1.82, 2.24) is 5.32 Å². The molecular formula is C21H27N3O3. The highest BCUT2D eigenvalue weighted by molar-refractivity contribution is 6.05. The van der Waals surface area contributed by atoms with E-state index in [9.17, 15) is 9.59 Å². The number of rotatable bonds is 9. The van der Waals surface area contributed by atoms with Gasteiger partial charge in [-0.2, -0.15) is 0 Å². The molecule has 0 heterocycles. The average molecular weight is 369 g/mol. The lowest BCUT2D eigenvalue weighted by atomic mass is 10.1. The molecule has 4 N–H and O–H groups in total. The van der Waals surface area contributed by atoms with E-state index >= 15 is 0 Å². The van der Waals surface area contributed by atoms with E-state index in [1.807, 2.05) is 12.1 Å². The summed E-state index contributed by atoms with van der Waals surface area (Å²) in [4.78, 5) is 23.9. The lowest BCUT2D eigenvalue weighted by Gasteiger charge is -2.09. The second kappa shape index (κ2) is 10.9. The molecule has 0 fully saturated rings. The molecule has 0 bridgehead atoms. The summed E-state index contributed by atoms with van der Waals surface area (Å²) in [7, 11) is 0. The van der Waals surface area contributed by atoms with Crippen LogP contribution in [-0.2, 0) is 11.3 Å². The molecule has 2 rings (SSSR count). The van der Waals surface area contributed by atoms with Gasteiger partial charge in [0.1, 0.15) is 0 Å². The Morgan fingerprint density at radius 2 is 1.74 bits per heavy atom. The molecule has 6 nitrogen and oxygen atoms in total. The van der Waals surface area contributed by atoms with Crippen molar-refractivity contribution >= 4 is 23.4 Å². The topological polar surface area (TPSA) is 93.4 Å². The van der Waals surface area contributed by atoms with Gasteiger partial charge < -0.3 is 21.1 Å². The van der Waals surface area contributed by atoms with Crippen molar-refractivity contribution < 1.29 is 14.3 Å². The maximum absolute atomic E-state index is 12.3. The highest BCUT2D eigenvalue weighted by Gasteiger charge is 2.08. The van der Waals surface area contributed by atoms with Crippen molar-refractivity contribution in [3.8, 4) is 0 Å². The molecular weight excluding hydrogens is 342 g/mol. The van der Waals surface area contributed by atoms with Crippen molar-refractivity contribution in [2.75, 3.05) is 17.7 Å². The largest absolute Gasteiger partial charge is 0.450 e. The highest BCUT2D eigenvalue weighted by atomic mass is 16.5. The second-order valence-corrected chi connectivity index (χ2v) is 6.29. The minimum Gasteiger partial charge on any atom is -0.450 e. The van der Waals surface area contributed by atoms with Gasteiger partial charge in [0.25, 0.3) is 5.91 Å². The Labute approximate surface area is 160 Å². The first-order valence-electron chi connectivity index (χ1n) is 9.25. The third-order valence-corrected chi connectivity index (χ3v) is 4.09. The maximum atomic E-state index is 12.3. The summed E-state index contributed by atoms with van der Waals surface area (Å²) in [5.74, 6) is -0.237. The Morgan fingerprint density at radius 1 is 1.00 bits per heavy atom. The number of nitrogen functional groups attached to an aromatic ring is 1. The van der Waals surface area contributed by atoms with Gasteiger partial charge in [0.05, 0.1) is 18.0 Å². The van der Waals surface area contributed by atoms with E-state index in [-0.39, 0.29) is 5.91 Å². The number of alkyl carbamates (subject to hydrolysis) is 1. The standard InChI is InChI=1S/C21H27N3O3/c1-2-3-4-7-14-27-21(26)23-15-16-10-12-17(13-11-16)20(25)24-19-9-6-5-8-18(19)22/h5-6,8-13H,2-4,7,14-15,22H2,1H3,(H,23,26)(H,24,25). The lowest BCUT2D eigenvalue weighted by Crippen LogP contribution is -2.24. The van der Waals surface area contributed by atoms with Crippen molar-refractivity contribution in [1.29, 1.82) is 0 Å². The van der Waals surface area contributed by atoms with Crippen molar-refractivity contribution in [3.63, 3.8) is 0 Å². The van der Waals surface area contributed by atoms with Gasteiger partial charge in [0, 0.05) is 12.1 Å². The summed E-state index contributed by atoms with van der Waals surface area (Å²) >= 11 is 0. The van der Waals surface area contributed by atoms with E-state index in [2.05, 4.69) is 17.6 Å². The summed E-state index contributed by atoms with van der Waals surface area (Å²) in [5, 5.41) is 5.49. The Kier molecular flexibility index (Phi) is 8.16. The first kappa shape index (κ1) is 20.3. The molecule has 0 atom stereocenters. The molecule has 0 aliphatic rings. The zero-order chi connectivity index (χ0) is 19.5. The average Bonchev–Trinajstić information content (AvgIpc) is 2.68. The van der Waals surface area contributed by atoms with E-state index in [0.29, 0.717) is 30.1 Å². The number of ether oxygens (including phenoxy) is 1. The molecule has 0 radical (unpaired) electrons. The molecule has 144 valence electrons. The number of hydrogen-bond acceptors (Lipinski definition) is 4. The molecule has 6 heteroatoms. The quantitative estimate of drug-likeness (QED) is 0.453. The van der Waals surface area contributed by atoms with Crippen LogP contribution < -0.4 is 16.4 Å². The van der Waals surface area contributed by atoms with Crippen LogP contribution in [0.4, 0.5) is 16.2 Å². The molecule has 27 heavy (non-hydrogen) atoms. The molecule has 0 aromatic heterocycles. The molecule has 2 aromatic rings. The van der Waals surface area contributed by atoms with Crippen LogP contribution in [0.3, 0.4) is 0 Å². The minimum absolute atomic E-state index is 0.237. The van der Waals surface area contributed by atoms with Crippen LogP contribution in [0.15, 0.2) is 48.5 Å². The number of anilines is 2. The number of nitrogens with two attached hydrogens (primary N) is 1. The molecule has 0 saturated heterocycles. The van der Waals surface area contributed by atoms with Gasteiger partial charge in [-0.05, 0) is 36.2 Å². The fourth-order valence-corrected chi connectivity index (χ4v) is 2.50. The van der Waals surface area contributed by atoms with Crippen LogP contribution in [0, 0.1) is 0 Å². The van der Waals surface area contributed by atoms with Gasteiger partial charge in [-0.3, -0.25) is 4.79 Å². The van der Waals surface area contributed by atoms with Crippen LogP contribution in [0.2, 0.25) is 0 Å². The van der Waals surface area contributed by atoms with Gasteiger partial charge in [0.15, 0.2) is 0 Å². The number of carbonyl (C=O) groups excluding carboxylic acids is 2. The third kappa shape index (κ3) is 7.01. The fourth-order valence-electron chi connectivity index (χ4n) is 2.50. The zero-order valence-electron chi connectivity index (χ0n) is 15.7. The second-order valence-electron chi connectivity index (χ2n) is 6.29. The number of amides is 2. The number of para-hydroxylation sites is 2. The predicted molar refractivity (Wildman–Crippen MR) is 108 cm³/mol. The van der Waals surface area contributed by atoms with Gasteiger partial charge in [-0.1, -0.05) is 50.5 Å². The van der Waals surface area contributed by atoms with Gasteiger partial charge in [-0.25, -0.2) is 4.79 Å². The van der Waals surface area contributed by atoms with Crippen molar-refractivity contribution in [2.45, 2.75) is 39.2 Å². The van der Waals surface area contributed by atoms with Gasteiger partial charge in [0.2, 0.25) is 0 Å². The monoisotopic (exact) mass is 369 g/mol. The van der Waals surface area contributed by atoms with Crippen LogP contribution >= 0.6 is 0 Å². The number of hydrogen-bond donors (Lipinski definition) is 3. The Bertz CT molecular complexity index is 745. The first-order chi connectivity index (χ1) is 13.1. The van der Waals surface area contributed by atoms with Crippen molar-refractivity contribution in [2.24, 2.45) is 0 Å². The van der Waals surface area contributed by atoms with Crippen LogP contribution in [0.5, 0.6) is 0 Å². The Morgan fingerprint density at radius 3 is 2.44 bits per heavy atom. The smallest absolute Gasteiger partial charge is 0.407 e. The van der Waals surface area contributed by atoms with E-state index in [1.54, 1.807) is 36.4 Å². The summed E-state index contributed by atoms with van der Waals surface area (Å²) < 4.78 is 5.12. The van der Waals surface area contributed by atoms with E-state index in [4.69, 9.17) is 10.5 Å². The normalized spacial score (nSPS) is 10.3. The number of benzene rings is 2. The maximum Gasteiger partial charge on any atom is 0.407 e. The van der Waals surface area contributed by atoms with Crippen LogP contribution in [-0.4, -0.2) is 18.6 Å². The van der Waals surface area contributed by atoms with Gasteiger partial charge >= 0.3 is 6.09 Å². The third-order valence-electron chi connectivity index (χ3n) is 4.09. The Hall–Kier alpha value is -3.02. The van der Waals surface area contributed by atoms with Gasteiger partial charge in [-0.15, -0.1) is 0 Å². The van der Waals surface area contributed by atoms with E-state index in [1.165, 1.54) is 0 Å². The SMILES string of the molecule is CCCCCCOC(=O)NCc1ccc(C(=O)Nc2ccccc2N)cc1. The Balaban J connectivity index is 1.77. The lowest BCUT2D eigenvalue weighted by molar-refractivity contribution is 0.102. The molecule has 0 saturated carbocycles. The van der Waals surface area contributed by atoms with E-state index in [0.717, 1.165) is 31.2 Å². The van der Waals surface area contributed by atoms with Crippen LogP contribution in [0.1, 0.15) is 48.5 Å². The van der Waals surface area contributed by atoms with E-state index < -0.39 is 6.09 Å². The number of nitrogens with one attached hydrogen (secondary N) is 2. The first-order valence-corrected chi connectivity index (χ1v) is 9.25. The molecule has 0 aliphatic heterocycles. The molecule has 0 spiro atoms. The predicted octanol–water partition coefficient (Wildman–Crippen LogP) is 4.33. The number of unbranched alkanes of at least 4 members (excludes halogenated alkanes) is 3. The summed E-state index contributed by atoms with van der Waals surface area (Å²) in [6, 6.07) is 14.1.